The molecule has 2 aromatic carbocycles. The van der Waals surface area contributed by atoms with Crippen molar-refractivity contribution in [1.82, 2.24) is 4.90 Å². The fraction of sp³-hybridized carbons (Fsp3) is 0.308. The number of nitrogens with zero attached hydrogens (tertiary/aromatic N) is 3. The first-order valence-electron chi connectivity index (χ1n) is 11.6. The molecule has 4 rings (SSSR count). The molecule has 0 saturated carbocycles. The molecule has 0 atom stereocenters. The third-order valence-corrected chi connectivity index (χ3v) is 8.08. The molecule has 36 heavy (non-hydrogen) atoms. The molecule has 2 heterocycles. The zero-order valence-corrected chi connectivity index (χ0v) is 22.2. The Labute approximate surface area is 218 Å². The van der Waals surface area contributed by atoms with Gasteiger partial charge < -0.3 is 14.4 Å². The second-order valence-corrected chi connectivity index (χ2v) is 10.0. The molecule has 2 aliphatic heterocycles. The number of hydrogen-bond acceptors (Lipinski definition) is 9. The Morgan fingerprint density at radius 3 is 2.22 bits per heavy atom. The molecule has 2 aliphatic rings. The number of hydrogen-bond donors (Lipinski definition) is 0. The first-order chi connectivity index (χ1) is 17.4. The van der Waals surface area contributed by atoms with Gasteiger partial charge in [0.15, 0.2) is 5.17 Å². The highest BCUT2D eigenvalue weighted by Gasteiger charge is 2.39. The molecule has 0 spiro atoms. The molecule has 1 saturated heterocycles. The molecular formula is C26H27N3O5S2. The van der Waals surface area contributed by atoms with Crippen LogP contribution in [0, 0.1) is 0 Å². The van der Waals surface area contributed by atoms with E-state index in [1.165, 1.54) is 44.2 Å². The fourth-order valence-electron chi connectivity index (χ4n) is 3.91. The molecule has 2 aromatic rings. The van der Waals surface area contributed by atoms with Gasteiger partial charge in [0.25, 0.3) is 5.91 Å². The zero-order chi connectivity index (χ0) is 25.8. The third-order valence-electron chi connectivity index (χ3n) is 5.70. The number of amides is 1. The van der Waals surface area contributed by atoms with E-state index in [9.17, 15) is 14.4 Å². The molecule has 1 fully saturated rings. The van der Waals surface area contributed by atoms with E-state index in [0.717, 1.165) is 35.0 Å². The number of ether oxygens (including phenoxy) is 2. The molecule has 0 unspecified atom stereocenters. The Bertz CT molecular complexity index is 1240. The van der Waals surface area contributed by atoms with Gasteiger partial charge >= 0.3 is 11.9 Å². The Kier molecular flexibility index (Phi) is 8.05. The monoisotopic (exact) mass is 525 g/mol. The summed E-state index contributed by atoms with van der Waals surface area (Å²) in [6, 6.07) is 12.6. The van der Waals surface area contributed by atoms with Crippen LogP contribution in [0.4, 0.5) is 11.4 Å². The number of methoxy groups -OCH3 is 2. The summed E-state index contributed by atoms with van der Waals surface area (Å²) in [5, 5.41) is 1.39. The maximum atomic E-state index is 13.6. The van der Waals surface area contributed by atoms with Gasteiger partial charge in [0, 0.05) is 18.0 Å². The molecular weight excluding hydrogens is 498 g/mol. The average molecular weight is 526 g/mol. The fourth-order valence-corrected chi connectivity index (χ4v) is 6.33. The van der Waals surface area contributed by atoms with Crippen LogP contribution in [-0.4, -0.2) is 55.2 Å². The number of carbonyl (C=O) groups is 3. The van der Waals surface area contributed by atoms with Crippen molar-refractivity contribution < 1.29 is 23.9 Å². The van der Waals surface area contributed by atoms with Crippen LogP contribution in [0.1, 0.15) is 47.4 Å². The molecule has 0 N–H and O–H groups in total. The van der Waals surface area contributed by atoms with E-state index in [2.05, 4.69) is 30.9 Å². The number of rotatable bonds is 7. The number of para-hydroxylation sites is 1. The summed E-state index contributed by atoms with van der Waals surface area (Å²) in [4.78, 5) is 48.3. The lowest BCUT2D eigenvalue weighted by Gasteiger charge is -2.19. The summed E-state index contributed by atoms with van der Waals surface area (Å²) in [7, 11) is 2.54. The lowest BCUT2D eigenvalue weighted by atomic mass is 10.1. The van der Waals surface area contributed by atoms with E-state index in [1.54, 1.807) is 16.7 Å². The lowest BCUT2D eigenvalue weighted by molar-refractivity contribution is -0.122. The molecule has 1 amide bonds. The van der Waals surface area contributed by atoms with E-state index in [0.29, 0.717) is 22.3 Å². The number of anilines is 1. The van der Waals surface area contributed by atoms with Crippen molar-refractivity contribution in [1.29, 1.82) is 0 Å². The van der Waals surface area contributed by atoms with Crippen molar-refractivity contribution in [2.75, 3.05) is 32.2 Å². The predicted molar refractivity (Wildman–Crippen MR) is 143 cm³/mol. The van der Waals surface area contributed by atoms with Gasteiger partial charge in [0.1, 0.15) is 9.93 Å². The number of aliphatic imine (C=N–C) groups is 1. The SMILES string of the molecule is CCCCN1C(=O)/C(=C2/Sc3ccccc3N2CC)SC1=Nc1cc(C(=O)OC)cc(C(=O)OC)c1. The number of fused-ring (bicyclic) bond motifs is 1. The first kappa shape index (κ1) is 25.8. The van der Waals surface area contributed by atoms with Gasteiger partial charge in [-0.1, -0.05) is 37.2 Å². The second-order valence-electron chi connectivity index (χ2n) is 8.01. The number of esters is 2. The number of unbranched alkanes of at least 4 members (excludes halogenated alkanes) is 1. The van der Waals surface area contributed by atoms with E-state index in [4.69, 9.17) is 14.5 Å². The summed E-state index contributed by atoms with van der Waals surface area (Å²) in [6.07, 6.45) is 1.73. The van der Waals surface area contributed by atoms with Crippen molar-refractivity contribution in [3.8, 4) is 0 Å². The largest absolute Gasteiger partial charge is 0.465 e. The van der Waals surface area contributed by atoms with Crippen molar-refractivity contribution in [3.05, 3.63) is 63.5 Å². The zero-order valence-electron chi connectivity index (χ0n) is 20.6. The van der Waals surface area contributed by atoms with Crippen LogP contribution < -0.4 is 4.90 Å². The summed E-state index contributed by atoms with van der Waals surface area (Å²) < 4.78 is 9.67. The highest BCUT2D eigenvalue weighted by atomic mass is 32.2. The van der Waals surface area contributed by atoms with E-state index in [-0.39, 0.29) is 17.0 Å². The summed E-state index contributed by atoms with van der Waals surface area (Å²) in [5.74, 6) is -1.29. The maximum absolute atomic E-state index is 13.6. The topological polar surface area (TPSA) is 88.5 Å². The van der Waals surface area contributed by atoms with Crippen molar-refractivity contribution in [2.45, 2.75) is 31.6 Å². The highest BCUT2D eigenvalue weighted by molar-refractivity contribution is 8.19. The van der Waals surface area contributed by atoms with Crippen LogP contribution >= 0.6 is 23.5 Å². The van der Waals surface area contributed by atoms with E-state index in [1.807, 2.05) is 12.1 Å². The smallest absolute Gasteiger partial charge is 0.337 e. The predicted octanol–water partition coefficient (Wildman–Crippen LogP) is 5.42. The van der Waals surface area contributed by atoms with Gasteiger partial charge in [-0.15, -0.1) is 0 Å². The Morgan fingerprint density at radius 2 is 1.61 bits per heavy atom. The normalized spacial score (nSPS) is 18.1. The molecule has 188 valence electrons. The lowest BCUT2D eigenvalue weighted by Crippen LogP contribution is -2.30. The second kappa shape index (κ2) is 11.2. The van der Waals surface area contributed by atoms with E-state index < -0.39 is 11.9 Å². The Morgan fingerprint density at radius 1 is 0.944 bits per heavy atom. The summed E-state index contributed by atoms with van der Waals surface area (Å²) >= 11 is 2.89. The number of amidine groups is 1. The van der Waals surface area contributed by atoms with Crippen molar-refractivity contribution >= 4 is 57.9 Å². The van der Waals surface area contributed by atoms with Gasteiger partial charge in [-0.3, -0.25) is 9.69 Å². The quantitative estimate of drug-likeness (QED) is 0.350. The molecule has 10 heteroatoms. The summed E-state index contributed by atoms with van der Waals surface area (Å²) in [6.45, 7) is 5.36. The minimum absolute atomic E-state index is 0.0988. The van der Waals surface area contributed by atoms with Crippen molar-refractivity contribution in [2.24, 2.45) is 4.99 Å². The van der Waals surface area contributed by atoms with Gasteiger partial charge in [-0.2, -0.15) is 0 Å². The van der Waals surface area contributed by atoms with Crippen LogP contribution in [0.3, 0.4) is 0 Å². The highest BCUT2D eigenvalue weighted by Crippen LogP contribution is 2.50. The standard InChI is InChI=1S/C26H27N3O5S2/c1-5-7-12-29-22(30)21(23-28(6-2)19-10-8-9-11-20(19)35-23)36-26(29)27-18-14-16(24(31)33-3)13-17(15-18)25(32)34-4/h8-11,13-15H,5-7,12H2,1-4H3/b23-21-,27-26?. The molecule has 0 aromatic heterocycles. The van der Waals surface area contributed by atoms with Gasteiger partial charge in [-0.05, 0) is 55.4 Å². The number of thioether (sulfide) groups is 2. The van der Waals surface area contributed by atoms with Crippen LogP contribution in [0.2, 0.25) is 0 Å². The molecule has 8 nitrogen and oxygen atoms in total. The van der Waals surface area contributed by atoms with Crippen LogP contribution in [0.5, 0.6) is 0 Å². The third kappa shape index (κ3) is 5.01. The Balaban J connectivity index is 1.79. The average Bonchev–Trinajstić information content (AvgIpc) is 3.42. The molecule has 0 radical (unpaired) electrons. The van der Waals surface area contributed by atoms with E-state index >= 15 is 0 Å². The first-order valence-corrected chi connectivity index (χ1v) is 13.2. The van der Waals surface area contributed by atoms with Crippen LogP contribution in [0.25, 0.3) is 0 Å². The van der Waals surface area contributed by atoms with Crippen molar-refractivity contribution in [3.63, 3.8) is 0 Å². The minimum atomic E-state index is -0.596. The number of carbonyl (C=O) groups excluding carboxylic acids is 3. The molecule has 0 aliphatic carbocycles. The van der Waals surface area contributed by atoms with Crippen LogP contribution in [0.15, 0.2) is 62.3 Å². The minimum Gasteiger partial charge on any atom is -0.465 e. The molecule has 0 bridgehead atoms. The maximum Gasteiger partial charge on any atom is 0.337 e. The number of benzene rings is 2. The Hall–Kier alpha value is -3.24. The van der Waals surface area contributed by atoms with Gasteiger partial charge in [0.2, 0.25) is 0 Å². The summed E-state index contributed by atoms with van der Waals surface area (Å²) in [5.41, 5.74) is 1.79. The van der Waals surface area contributed by atoms with Gasteiger partial charge in [-0.25, -0.2) is 14.6 Å². The van der Waals surface area contributed by atoms with Gasteiger partial charge in [0.05, 0.1) is 36.7 Å². The van der Waals surface area contributed by atoms with Crippen LogP contribution in [-0.2, 0) is 14.3 Å².